The lowest BCUT2D eigenvalue weighted by Crippen LogP contribution is -2.44. The van der Waals surface area contributed by atoms with Crippen LogP contribution < -0.4 is 15.5 Å². The van der Waals surface area contributed by atoms with E-state index in [4.69, 9.17) is 9.97 Å². The van der Waals surface area contributed by atoms with Gasteiger partial charge < -0.3 is 15.5 Å². The summed E-state index contributed by atoms with van der Waals surface area (Å²) in [4.78, 5) is 25.4. The van der Waals surface area contributed by atoms with Crippen LogP contribution in [0.4, 0.5) is 21.7 Å². The van der Waals surface area contributed by atoms with E-state index < -0.39 is 5.95 Å². The topological polar surface area (TPSA) is 91.8 Å². The van der Waals surface area contributed by atoms with Gasteiger partial charge in [0.05, 0.1) is 17.4 Å². The van der Waals surface area contributed by atoms with Gasteiger partial charge in [-0.25, -0.2) is 19.9 Å². The van der Waals surface area contributed by atoms with E-state index in [1.165, 1.54) is 18.4 Å². The molecule has 3 aliphatic rings. The number of piperazine rings is 1. The number of hydrogen-bond acceptors (Lipinski definition) is 8. The van der Waals surface area contributed by atoms with E-state index in [9.17, 15) is 4.39 Å². The van der Waals surface area contributed by atoms with Crippen molar-refractivity contribution < 1.29 is 4.39 Å². The molecule has 0 atom stereocenters. The Bertz CT molecular complexity index is 1440. The second-order valence-electron chi connectivity index (χ2n) is 9.91. The molecule has 182 valence electrons. The molecule has 0 aromatic carbocycles. The molecule has 0 unspecified atom stereocenters. The van der Waals surface area contributed by atoms with Crippen LogP contribution in [-0.4, -0.2) is 51.1 Å². The highest BCUT2D eigenvalue weighted by molar-refractivity contribution is 5.94. The summed E-state index contributed by atoms with van der Waals surface area (Å²) in [6.07, 6.45) is 10.1. The number of aromatic nitrogens is 5. The Balaban J connectivity index is 1.27. The number of nitrogens with zero attached hydrogens (tertiary/aromatic N) is 6. The average molecular weight is 483 g/mol. The number of pyridine rings is 3. The van der Waals surface area contributed by atoms with E-state index in [1.807, 2.05) is 30.6 Å². The summed E-state index contributed by atoms with van der Waals surface area (Å²) in [5, 5.41) is 7.63. The molecule has 2 N–H and O–H groups in total. The molecule has 1 aliphatic heterocycles. The molecule has 3 fully saturated rings. The molecular formula is C27H27FN8. The minimum absolute atomic E-state index is 0.309. The lowest BCUT2D eigenvalue weighted by atomic mass is 10.1. The molecule has 5 heterocycles. The van der Waals surface area contributed by atoms with Gasteiger partial charge in [-0.15, -0.1) is 0 Å². The molecule has 4 aromatic heterocycles. The van der Waals surface area contributed by atoms with Gasteiger partial charge in [0.2, 0.25) is 5.95 Å². The number of halogens is 1. The molecule has 0 radical (unpaired) electrons. The molecular weight excluding hydrogens is 455 g/mol. The minimum Gasteiger partial charge on any atom is -0.353 e. The van der Waals surface area contributed by atoms with E-state index in [-0.39, 0.29) is 0 Å². The fourth-order valence-electron chi connectivity index (χ4n) is 4.95. The van der Waals surface area contributed by atoms with Crippen molar-refractivity contribution in [1.82, 2.24) is 30.2 Å². The summed E-state index contributed by atoms with van der Waals surface area (Å²) in [6.45, 7) is 3.63. The van der Waals surface area contributed by atoms with Crippen LogP contribution in [0.1, 0.15) is 48.8 Å². The molecule has 2 aliphatic carbocycles. The summed E-state index contributed by atoms with van der Waals surface area (Å²) in [7, 11) is 0. The first kappa shape index (κ1) is 21.6. The van der Waals surface area contributed by atoms with Crippen molar-refractivity contribution in [3.63, 3.8) is 0 Å². The fraction of sp³-hybridized carbons (Fsp3) is 0.370. The van der Waals surface area contributed by atoms with Crippen LogP contribution in [0.5, 0.6) is 0 Å². The maximum atomic E-state index is 14.6. The van der Waals surface area contributed by atoms with Gasteiger partial charge in [-0.05, 0) is 61.4 Å². The van der Waals surface area contributed by atoms with Gasteiger partial charge in [0.1, 0.15) is 11.6 Å². The Labute approximate surface area is 208 Å². The smallest absolute Gasteiger partial charge is 0.236 e. The monoisotopic (exact) mass is 482 g/mol. The van der Waals surface area contributed by atoms with Crippen LogP contribution in [0.2, 0.25) is 0 Å². The van der Waals surface area contributed by atoms with Crippen molar-refractivity contribution in [1.29, 1.82) is 0 Å². The van der Waals surface area contributed by atoms with Gasteiger partial charge in [-0.2, -0.15) is 4.39 Å². The third kappa shape index (κ3) is 4.13. The standard InChI is InChI=1S/C27H27FN8/c28-25-21(6-5-20(33-25)17-3-4-17)32-23-13-18(7-8-31-23)26-34-22-15-30-14-19(16-1-2-16)24(22)27(35-26)36-11-9-29-10-12-36/h5-8,13-17,29H,1-4,9-12H2,(H,31,32). The first-order valence-corrected chi connectivity index (χ1v) is 12.7. The van der Waals surface area contributed by atoms with Crippen molar-refractivity contribution in [2.45, 2.75) is 37.5 Å². The second-order valence-corrected chi connectivity index (χ2v) is 9.91. The van der Waals surface area contributed by atoms with Crippen molar-refractivity contribution in [2.75, 3.05) is 36.4 Å². The molecule has 8 nitrogen and oxygen atoms in total. The first-order chi connectivity index (χ1) is 17.7. The highest BCUT2D eigenvalue weighted by Gasteiger charge is 2.29. The van der Waals surface area contributed by atoms with Gasteiger partial charge in [0.15, 0.2) is 5.82 Å². The van der Waals surface area contributed by atoms with E-state index in [2.05, 4.69) is 30.5 Å². The normalized spacial score (nSPS) is 18.0. The number of hydrogen-bond donors (Lipinski definition) is 2. The molecule has 0 bridgehead atoms. The number of anilines is 3. The molecule has 0 amide bonds. The maximum absolute atomic E-state index is 14.6. The Kier molecular flexibility index (Phi) is 5.23. The van der Waals surface area contributed by atoms with E-state index in [1.54, 1.807) is 12.3 Å². The molecule has 9 heteroatoms. The average Bonchev–Trinajstić information content (AvgIpc) is 3.83. The van der Waals surface area contributed by atoms with Gasteiger partial charge in [-0.1, -0.05) is 0 Å². The third-order valence-electron chi connectivity index (χ3n) is 7.20. The molecule has 1 saturated heterocycles. The summed E-state index contributed by atoms with van der Waals surface area (Å²) in [6, 6.07) is 7.37. The van der Waals surface area contributed by atoms with Crippen LogP contribution in [0.25, 0.3) is 22.3 Å². The fourth-order valence-corrected chi connectivity index (χ4v) is 4.95. The highest BCUT2D eigenvalue weighted by atomic mass is 19.1. The zero-order valence-electron chi connectivity index (χ0n) is 19.9. The minimum atomic E-state index is -0.506. The van der Waals surface area contributed by atoms with Crippen LogP contribution in [0.3, 0.4) is 0 Å². The van der Waals surface area contributed by atoms with E-state index in [0.717, 1.165) is 67.0 Å². The zero-order chi connectivity index (χ0) is 24.1. The predicted molar refractivity (Wildman–Crippen MR) is 137 cm³/mol. The molecule has 36 heavy (non-hydrogen) atoms. The summed E-state index contributed by atoms with van der Waals surface area (Å²) < 4.78 is 14.6. The van der Waals surface area contributed by atoms with Crippen LogP contribution in [-0.2, 0) is 0 Å². The van der Waals surface area contributed by atoms with Gasteiger partial charge in [-0.3, -0.25) is 4.98 Å². The van der Waals surface area contributed by atoms with E-state index >= 15 is 0 Å². The number of fused-ring (bicyclic) bond motifs is 1. The highest BCUT2D eigenvalue weighted by Crippen LogP contribution is 2.45. The van der Waals surface area contributed by atoms with Gasteiger partial charge >= 0.3 is 0 Å². The Morgan fingerprint density at radius 3 is 2.56 bits per heavy atom. The van der Waals surface area contributed by atoms with Crippen LogP contribution in [0, 0.1) is 5.95 Å². The van der Waals surface area contributed by atoms with Crippen molar-refractivity contribution >= 4 is 28.2 Å². The van der Waals surface area contributed by atoms with Crippen LogP contribution >= 0.6 is 0 Å². The second kappa shape index (κ2) is 8.74. The van der Waals surface area contributed by atoms with Crippen molar-refractivity contribution in [2.24, 2.45) is 0 Å². The summed E-state index contributed by atoms with van der Waals surface area (Å²) in [5.41, 5.74) is 4.05. The lowest BCUT2D eigenvalue weighted by molar-refractivity contribution is 0.581. The van der Waals surface area contributed by atoms with Crippen molar-refractivity contribution in [3.8, 4) is 11.4 Å². The van der Waals surface area contributed by atoms with Gasteiger partial charge in [0, 0.05) is 61.1 Å². The lowest BCUT2D eigenvalue weighted by Gasteiger charge is -2.30. The SMILES string of the molecule is Fc1nc(C2CC2)ccc1Nc1cc(-c2nc(N3CCNCC3)c3c(C4CC4)cncc3n2)ccn1. The largest absolute Gasteiger partial charge is 0.353 e. The Morgan fingerprint density at radius 1 is 0.944 bits per heavy atom. The summed E-state index contributed by atoms with van der Waals surface area (Å²) >= 11 is 0. The quantitative estimate of drug-likeness (QED) is 0.388. The molecule has 0 spiro atoms. The Hall–Kier alpha value is -3.72. The summed E-state index contributed by atoms with van der Waals surface area (Å²) in [5.74, 6) is 2.54. The number of rotatable bonds is 6. The third-order valence-corrected chi connectivity index (χ3v) is 7.20. The molecule has 4 aromatic rings. The number of nitrogens with one attached hydrogen (secondary N) is 2. The van der Waals surface area contributed by atoms with Crippen molar-refractivity contribution in [3.05, 3.63) is 60.1 Å². The predicted octanol–water partition coefficient (Wildman–Crippen LogP) is 4.53. The Morgan fingerprint density at radius 2 is 1.78 bits per heavy atom. The maximum Gasteiger partial charge on any atom is 0.236 e. The molecule has 7 rings (SSSR count). The van der Waals surface area contributed by atoms with Crippen LogP contribution in [0.15, 0.2) is 42.9 Å². The van der Waals surface area contributed by atoms with E-state index in [0.29, 0.717) is 29.2 Å². The first-order valence-electron chi connectivity index (χ1n) is 12.7. The molecule has 2 saturated carbocycles. The zero-order valence-corrected chi connectivity index (χ0v) is 19.9. The van der Waals surface area contributed by atoms with Gasteiger partial charge in [0.25, 0.3) is 0 Å².